The number of fused-ring (bicyclic) bond motifs is 3. The Hall–Kier alpha value is -2.22. The molecule has 0 atom stereocenters. The molecule has 1 aliphatic carbocycles. The molecule has 0 spiro atoms. The maximum atomic E-state index is 12.5. The van der Waals surface area contributed by atoms with Crippen LogP contribution < -0.4 is 0 Å². The molecular weight excluding hydrogens is 248 g/mol. The topological polar surface area (TPSA) is 34.1 Å². The summed E-state index contributed by atoms with van der Waals surface area (Å²) in [6, 6.07) is 9.83. The number of ketones is 2. The monoisotopic (exact) mass is 264 g/mol. The largest absolute Gasteiger partial charge is 0.285 e. The molecule has 100 valence electrons. The van der Waals surface area contributed by atoms with Gasteiger partial charge in [0.25, 0.3) is 0 Å². The van der Waals surface area contributed by atoms with Gasteiger partial charge in [0.05, 0.1) is 0 Å². The highest BCUT2D eigenvalue weighted by Gasteiger charge is 2.30. The Morgan fingerprint density at radius 3 is 2.35 bits per heavy atom. The molecule has 1 aliphatic rings. The lowest BCUT2D eigenvalue weighted by Gasteiger charge is -2.19. The number of aryl methyl sites for hydroxylation is 1. The normalized spacial score (nSPS) is 14.7. The Morgan fingerprint density at radius 1 is 0.900 bits per heavy atom. The molecule has 3 rings (SSSR count). The zero-order valence-electron chi connectivity index (χ0n) is 11.9. The van der Waals surface area contributed by atoms with Crippen LogP contribution in [-0.4, -0.2) is 11.6 Å². The summed E-state index contributed by atoms with van der Waals surface area (Å²) in [4.78, 5) is 24.7. The minimum atomic E-state index is -0.373. The molecule has 0 bridgehead atoms. The van der Waals surface area contributed by atoms with Crippen molar-refractivity contribution in [2.24, 2.45) is 5.92 Å². The third-order valence-electron chi connectivity index (χ3n) is 3.94. The van der Waals surface area contributed by atoms with Crippen molar-refractivity contribution >= 4 is 28.4 Å². The zero-order valence-corrected chi connectivity index (χ0v) is 11.9. The van der Waals surface area contributed by atoms with Gasteiger partial charge in [-0.05, 0) is 40.8 Å². The quantitative estimate of drug-likeness (QED) is 0.731. The summed E-state index contributed by atoms with van der Waals surface area (Å²) in [6.07, 6.45) is 1.87. The Labute approximate surface area is 118 Å². The Balaban J connectivity index is 2.38. The van der Waals surface area contributed by atoms with E-state index in [-0.39, 0.29) is 17.5 Å². The lowest BCUT2D eigenvalue weighted by atomic mass is 9.82. The number of carbonyl (C=O) groups is 2. The summed E-state index contributed by atoms with van der Waals surface area (Å²) >= 11 is 0. The van der Waals surface area contributed by atoms with Crippen molar-refractivity contribution in [3.8, 4) is 0 Å². The minimum Gasteiger partial charge on any atom is -0.285 e. The molecule has 2 aromatic carbocycles. The van der Waals surface area contributed by atoms with Crippen molar-refractivity contribution < 1.29 is 9.59 Å². The van der Waals surface area contributed by atoms with Gasteiger partial charge in [-0.25, -0.2) is 0 Å². The van der Waals surface area contributed by atoms with Crippen LogP contribution in [0.1, 0.15) is 35.3 Å². The van der Waals surface area contributed by atoms with Gasteiger partial charge in [0.15, 0.2) is 0 Å². The van der Waals surface area contributed by atoms with Crippen LogP contribution in [-0.2, 0) is 4.79 Å². The standard InChI is InChI=1S/C18H16O2/c1-10(2)15-9-12-7-8-13-11(3)5-4-6-14(13)16(12)18(20)17(15)19/h4-10H,1-3H3. The average Bonchev–Trinajstić information content (AvgIpc) is 2.42. The van der Waals surface area contributed by atoms with Crippen molar-refractivity contribution in [3.63, 3.8) is 0 Å². The van der Waals surface area contributed by atoms with E-state index in [9.17, 15) is 9.59 Å². The van der Waals surface area contributed by atoms with Crippen molar-refractivity contribution in [2.75, 3.05) is 0 Å². The van der Waals surface area contributed by atoms with Crippen molar-refractivity contribution in [2.45, 2.75) is 20.8 Å². The summed E-state index contributed by atoms with van der Waals surface area (Å²) in [5, 5.41) is 1.91. The summed E-state index contributed by atoms with van der Waals surface area (Å²) in [5.41, 5.74) is 3.13. The van der Waals surface area contributed by atoms with E-state index in [2.05, 4.69) is 0 Å². The molecule has 20 heavy (non-hydrogen) atoms. The number of rotatable bonds is 1. The van der Waals surface area contributed by atoms with Gasteiger partial charge in [0, 0.05) is 11.1 Å². The number of carbonyl (C=O) groups excluding carboxylic acids is 2. The first-order valence-corrected chi connectivity index (χ1v) is 6.83. The molecule has 0 heterocycles. The summed E-state index contributed by atoms with van der Waals surface area (Å²) < 4.78 is 0. The lowest BCUT2D eigenvalue weighted by Crippen LogP contribution is -2.24. The van der Waals surface area contributed by atoms with Gasteiger partial charge in [-0.3, -0.25) is 9.59 Å². The van der Waals surface area contributed by atoms with E-state index >= 15 is 0 Å². The number of allylic oxidation sites excluding steroid dienone is 1. The van der Waals surface area contributed by atoms with Gasteiger partial charge in [-0.2, -0.15) is 0 Å². The van der Waals surface area contributed by atoms with E-state index in [1.54, 1.807) is 0 Å². The fourth-order valence-corrected chi connectivity index (χ4v) is 2.81. The van der Waals surface area contributed by atoms with E-state index in [1.165, 1.54) is 0 Å². The highest BCUT2D eigenvalue weighted by Crippen LogP contribution is 2.32. The molecule has 0 unspecified atom stereocenters. The molecule has 0 aliphatic heterocycles. The van der Waals surface area contributed by atoms with E-state index in [0.29, 0.717) is 11.1 Å². The predicted molar refractivity (Wildman–Crippen MR) is 80.8 cm³/mol. The van der Waals surface area contributed by atoms with Crippen LogP contribution in [0.15, 0.2) is 35.9 Å². The smallest absolute Gasteiger partial charge is 0.234 e. The second-order valence-corrected chi connectivity index (χ2v) is 5.61. The van der Waals surface area contributed by atoms with Crippen LogP contribution in [0.3, 0.4) is 0 Å². The number of hydrogen-bond donors (Lipinski definition) is 0. The Bertz CT molecular complexity index is 779. The zero-order chi connectivity index (χ0) is 14.4. The van der Waals surface area contributed by atoms with Gasteiger partial charge in [-0.15, -0.1) is 0 Å². The molecule has 0 amide bonds. The third kappa shape index (κ3) is 1.72. The first-order chi connectivity index (χ1) is 9.50. The summed E-state index contributed by atoms with van der Waals surface area (Å²) in [7, 11) is 0. The maximum Gasteiger partial charge on any atom is 0.234 e. The second-order valence-electron chi connectivity index (χ2n) is 5.61. The lowest BCUT2D eigenvalue weighted by molar-refractivity contribution is -0.112. The van der Waals surface area contributed by atoms with E-state index < -0.39 is 0 Å². The summed E-state index contributed by atoms with van der Waals surface area (Å²) in [6.45, 7) is 5.89. The summed E-state index contributed by atoms with van der Waals surface area (Å²) in [5.74, 6) is -0.670. The molecular formula is C18H16O2. The van der Waals surface area contributed by atoms with Gasteiger partial charge in [0.1, 0.15) is 0 Å². The van der Waals surface area contributed by atoms with Crippen molar-refractivity contribution in [1.29, 1.82) is 0 Å². The first kappa shape index (κ1) is 12.8. The highest BCUT2D eigenvalue weighted by atomic mass is 16.2. The van der Waals surface area contributed by atoms with Crippen molar-refractivity contribution in [3.05, 3.63) is 52.6 Å². The fourth-order valence-electron chi connectivity index (χ4n) is 2.81. The molecule has 0 radical (unpaired) electrons. The minimum absolute atomic E-state index is 0.0628. The van der Waals surface area contributed by atoms with Crippen LogP contribution in [0, 0.1) is 12.8 Å². The van der Waals surface area contributed by atoms with E-state index in [0.717, 1.165) is 21.9 Å². The van der Waals surface area contributed by atoms with Crippen LogP contribution in [0.2, 0.25) is 0 Å². The Kier molecular flexibility index (Phi) is 2.82. The molecule has 0 saturated carbocycles. The van der Waals surface area contributed by atoms with Gasteiger partial charge < -0.3 is 0 Å². The third-order valence-corrected chi connectivity index (χ3v) is 3.94. The Morgan fingerprint density at radius 2 is 1.65 bits per heavy atom. The van der Waals surface area contributed by atoms with Crippen LogP contribution in [0.5, 0.6) is 0 Å². The number of hydrogen-bond acceptors (Lipinski definition) is 2. The predicted octanol–water partition coefficient (Wildman–Crippen LogP) is 3.95. The number of Topliss-reactive ketones (excluding diaryl/α,β-unsaturated/α-hetero) is 2. The fraction of sp³-hybridized carbons (Fsp3) is 0.222. The number of benzene rings is 2. The second kappa shape index (κ2) is 4.41. The molecule has 2 aromatic rings. The van der Waals surface area contributed by atoms with Gasteiger partial charge in [0.2, 0.25) is 11.6 Å². The van der Waals surface area contributed by atoms with Crippen LogP contribution in [0.4, 0.5) is 0 Å². The molecule has 0 aromatic heterocycles. The van der Waals surface area contributed by atoms with E-state index in [1.807, 2.05) is 57.2 Å². The maximum absolute atomic E-state index is 12.5. The molecule has 2 nitrogen and oxygen atoms in total. The highest BCUT2D eigenvalue weighted by molar-refractivity contribution is 6.53. The van der Waals surface area contributed by atoms with Crippen molar-refractivity contribution in [1.82, 2.24) is 0 Å². The van der Waals surface area contributed by atoms with Gasteiger partial charge in [-0.1, -0.05) is 44.2 Å². The molecule has 0 N–H and O–H groups in total. The average molecular weight is 264 g/mol. The van der Waals surface area contributed by atoms with Crippen LogP contribution in [0.25, 0.3) is 16.8 Å². The van der Waals surface area contributed by atoms with E-state index in [4.69, 9.17) is 0 Å². The van der Waals surface area contributed by atoms with Gasteiger partial charge >= 0.3 is 0 Å². The molecule has 2 heteroatoms. The SMILES string of the molecule is Cc1cccc2c3c(ccc12)C=C(C(C)C)C(=O)C3=O. The van der Waals surface area contributed by atoms with Crippen LogP contribution >= 0.6 is 0 Å². The molecule has 0 saturated heterocycles. The molecule has 0 fully saturated rings. The first-order valence-electron chi connectivity index (χ1n) is 6.83.